The minimum Gasteiger partial charge on any atom is -0.462 e. The highest BCUT2D eigenvalue weighted by Crippen LogP contribution is 2.26. The maximum atomic E-state index is 13.2. The molecular weight excluding hydrogens is 475 g/mol. The van der Waals surface area contributed by atoms with Gasteiger partial charge in [0, 0.05) is 23.9 Å². The Labute approximate surface area is 206 Å². The summed E-state index contributed by atoms with van der Waals surface area (Å²) in [6, 6.07) is 18.7. The summed E-state index contributed by atoms with van der Waals surface area (Å²) in [5.74, 6) is -1.25. The zero-order chi connectivity index (χ0) is 24.2. The average molecular weight is 495 g/mol. The van der Waals surface area contributed by atoms with Crippen LogP contribution in [0.5, 0.6) is 0 Å². The fourth-order valence-corrected chi connectivity index (χ4v) is 3.85. The van der Waals surface area contributed by atoms with Gasteiger partial charge in [-0.15, -0.1) is 0 Å². The van der Waals surface area contributed by atoms with Gasteiger partial charge in [-0.1, -0.05) is 53.5 Å². The van der Waals surface area contributed by atoms with Gasteiger partial charge < -0.3 is 14.5 Å². The number of rotatable bonds is 7. The first-order valence-electron chi connectivity index (χ1n) is 10.5. The van der Waals surface area contributed by atoms with Crippen LogP contribution in [0.15, 0.2) is 72.9 Å². The van der Waals surface area contributed by atoms with Gasteiger partial charge in [-0.2, -0.15) is 0 Å². The van der Waals surface area contributed by atoms with Gasteiger partial charge in [0.15, 0.2) is 0 Å². The number of nitrogens with one attached hydrogen (secondary N) is 1. The molecule has 2 heterocycles. The SMILES string of the molecule is CCOC(=O)c1cc(C(=O)c2ccc(Cl)c(Cl)c2)n2ccc(C(=O)NCc3ccccc3)cc12. The summed E-state index contributed by atoms with van der Waals surface area (Å²) < 4.78 is 6.73. The summed E-state index contributed by atoms with van der Waals surface area (Å²) in [5.41, 5.74) is 2.42. The van der Waals surface area contributed by atoms with Crippen molar-refractivity contribution in [1.29, 1.82) is 0 Å². The van der Waals surface area contributed by atoms with E-state index in [1.54, 1.807) is 35.7 Å². The number of aromatic nitrogens is 1. The van der Waals surface area contributed by atoms with Crippen LogP contribution in [0.3, 0.4) is 0 Å². The van der Waals surface area contributed by atoms with Crippen LogP contribution in [0.1, 0.15) is 49.3 Å². The largest absolute Gasteiger partial charge is 0.462 e. The van der Waals surface area contributed by atoms with E-state index in [2.05, 4.69) is 5.32 Å². The quantitative estimate of drug-likeness (QED) is 0.268. The molecule has 34 heavy (non-hydrogen) atoms. The van der Waals surface area contributed by atoms with Crippen molar-refractivity contribution in [2.75, 3.05) is 6.61 Å². The molecule has 0 spiro atoms. The third kappa shape index (κ3) is 4.83. The molecule has 0 unspecified atom stereocenters. The van der Waals surface area contributed by atoms with Crippen LogP contribution in [0, 0.1) is 0 Å². The second-order valence-electron chi connectivity index (χ2n) is 7.46. The fraction of sp³-hybridized carbons (Fsp3) is 0.115. The maximum absolute atomic E-state index is 13.2. The van der Waals surface area contributed by atoms with Crippen LogP contribution >= 0.6 is 23.2 Å². The molecule has 0 aliphatic carbocycles. The number of ketones is 1. The highest BCUT2D eigenvalue weighted by atomic mass is 35.5. The molecular formula is C26H20Cl2N2O4. The normalized spacial score (nSPS) is 10.8. The van der Waals surface area contributed by atoms with Crippen LogP contribution in [0.4, 0.5) is 0 Å². The molecule has 0 saturated carbocycles. The van der Waals surface area contributed by atoms with Gasteiger partial charge in [0.1, 0.15) is 0 Å². The average Bonchev–Trinajstić information content (AvgIpc) is 3.23. The van der Waals surface area contributed by atoms with E-state index >= 15 is 0 Å². The predicted octanol–water partition coefficient (Wildman–Crippen LogP) is 5.58. The smallest absolute Gasteiger partial charge is 0.340 e. The molecule has 0 fully saturated rings. The highest BCUT2D eigenvalue weighted by molar-refractivity contribution is 6.42. The molecule has 8 heteroatoms. The van der Waals surface area contributed by atoms with E-state index in [0.29, 0.717) is 28.2 Å². The van der Waals surface area contributed by atoms with Crippen LogP contribution in [0.2, 0.25) is 10.0 Å². The lowest BCUT2D eigenvalue weighted by molar-refractivity contribution is 0.0528. The summed E-state index contributed by atoms with van der Waals surface area (Å²) in [6.07, 6.45) is 1.58. The van der Waals surface area contributed by atoms with Gasteiger partial charge in [0.2, 0.25) is 5.78 Å². The fourth-order valence-electron chi connectivity index (χ4n) is 3.55. The van der Waals surface area contributed by atoms with E-state index in [0.717, 1.165) is 5.56 Å². The molecule has 0 aliphatic rings. The molecule has 0 bridgehead atoms. The molecule has 0 radical (unpaired) electrons. The summed E-state index contributed by atoms with van der Waals surface area (Å²) in [7, 11) is 0. The van der Waals surface area contributed by atoms with Gasteiger partial charge in [-0.05, 0) is 48.9 Å². The second-order valence-corrected chi connectivity index (χ2v) is 8.28. The molecule has 2 aromatic carbocycles. The van der Waals surface area contributed by atoms with Crippen molar-refractivity contribution < 1.29 is 19.1 Å². The van der Waals surface area contributed by atoms with Crippen LogP contribution < -0.4 is 5.32 Å². The number of pyridine rings is 1. The van der Waals surface area contributed by atoms with Crippen molar-refractivity contribution in [3.63, 3.8) is 0 Å². The molecule has 1 N–H and O–H groups in total. The Hall–Kier alpha value is -3.61. The molecule has 2 aromatic heterocycles. The molecule has 0 saturated heterocycles. The van der Waals surface area contributed by atoms with E-state index in [1.807, 2.05) is 30.3 Å². The Morgan fingerprint density at radius 1 is 0.912 bits per heavy atom. The van der Waals surface area contributed by atoms with Crippen molar-refractivity contribution in [3.05, 3.63) is 111 Å². The Bertz CT molecular complexity index is 1400. The van der Waals surface area contributed by atoms with E-state index in [1.165, 1.54) is 18.2 Å². The summed E-state index contributed by atoms with van der Waals surface area (Å²) in [4.78, 5) is 38.6. The number of benzene rings is 2. The van der Waals surface area contributed by atoms with Gasteiger partial charge in [0.25, 0.3) is 5.91 Å². The number of hydrogen-bond donors (Lipinski definition) is 1. The molecule has 1 amide bonds. The van der Waals surface area contributed by atoms with Crippen LogP contribution in [-0.2, 0) is 11.3 Å². The Kier molecular flexibility index (Phi) is 7.01. The van der Waals surface area contributed by atoms with Gasteiger partial charge in [-0.3, -0.25) is 9.59 Å². The van der Waals surface area contributed by atoms with Crippen molar-refractivity contribution in [3.8, 4) is 0 Å². The lowest BCUT2D eigenvalue weighted by atomic mass is 10.1. The molecule has 0 atom stereocenters. The molecule has 172 valence electrons. The third-order valence-electron chi connectivity index (χ3n) is 5.24. The number of halogens is 2. The van der Waals surface area contributed by atoms with Crippen molar-refractivity contribution in [2.24, 2.45) is 0 Å². The summed E-state index contributed by atoms with van der Waals surface area (Å²) in [6.45, 7) is 2.22. The van der Waals surface area contributed by atoms with Gasteiger partial charge >= 0.3 is 5.97 Å². The number of esters is 1. The zero-order valence-electron chi connectivity index (χ0n) is 18.2. The standard InChI is InChI=1S/C26H20Cl2N2O4/c1-2-34-26(33)19-14-23(24(31)17-8-9-20(27)21(28)12-17)30-11-10-18(13-22(19)30)25(32)29-15-16-6-4-3-5-7-16/h3-14H,2,15H2,1H3,(H,29,32). The number of ether oxygens (including phenoxy) is 1. The number of carbonyl (C=O) groups excluding carboxylic acids is 3. The Balaban J connectivity index is 1.72. The first-order valence-corrected chi connectivity index (χ1v) is 11.3. The zero-order valence-corrected chi connectivity index (χ0v) is 19.7. The number of hydrogen-bond acceptors (Lipinski definition) is 4. The first kappa shape index (κ1) is 23.5. The van der Waals surface area contributed by atoms with E-state index in [9.17, 15) is 14.4 Å². The molecule has 4 aromatic rings. The lowest BCUT2D eigenvalue weighted by Crippen LogP contribution is -2.23. The second kappa shape index (κ2) is 10.1. The van der Waals surface area contributed by atoms with Gasteiger partial charge in [-0.25, -0.2) is 4.79 Å². The molecule has 4 rings (SSSR count). The minimum absolute atomic E-state index is 0.170. The predicted molar refractivity (Wildman–Crippen MR) is 131 cm³/mol. The minimum atomic E-state index is -0.588. The number of amides is 1. The Morgan fingerprint density at radius 3 is 2.38 bits per heavy atom. The number of nitrogens with zero attached hydrogens (tertiary/aromatic N) is 1. The van der Waals surface area contributed by atoms with Crippen LogP contribution in [0.25, 0.3) is 5.52 Å². The van der Waals surface area contributed by atoms with Crippen molar-refractivity contribution >= 4 is 46.4 Å². The molecule has 0 aliphatic heterocycles. The van der Waals surface area contributed by atoms with Crippen LogP contribution in [-0.4, -0.2) is 28.7 Å². The lowest BCUT2D eigenvalue weighted by Gasteiger charge is -2.08. The topological polar surface area (TPSA) is 76.9 Å². The Morgan fingerprint density at radius 2 is 1.68 bits per heavy atom. The van der Waals surface area contributed by atoms with E-state index in [4.69, 9.17) is 27.9 Å². The number of fused-ring (bicyclic) bond motifs is 1. The number of carbonyl (C=O) groups is 3. The van der Waals surface area contributed by atoms with Crippen molar-refractivity contribution in [1.82, 2.24) is 9.72 Å². The van der Waals surface area contributed by atoms with Gasteiger partial charge in [0.05, 0.1) is 33.4 Å². The highest BCUT2D eigenvalue weighted by Gasteiger charge is 2.23. The summed E-state index contributed by atoms with van der Waals surface area (Å²) in [5, 5.41) is 3.44. The first-order chi connectivity index (χ1) is 16.4. The van der Waals surface area contributed by atoms with E-state index in [-0.39, 0.29) is 34.6 Å². The molecule has 6 nitrogen and oxygen atoms in total. The third-order valence-corrected chi connectivity index (χ3v) is 5.98. The summed E-state index contributed by atoms with van der Waals surface area (Å²) >= 11 is 12.1. The van der Waals surface area contributed by atoms with Crippen molar-refractivity contribution in [2.45, 2.75) is 13.5 Å². The van der Waals surface area contributed by atoms with E-state index < -0.39 is 5.97 Å². The monoisotopic (exact) mass is 494 g/mol. The maximum Gasteiger partial charge on any atom is 0.340 e.